The summed E-state index contributed by atoms with van der Waals surface area (Å²) in [5, 5.41) is 3.19. The van der Waals surface area contributed by atoms with Crippen molar-refractivity contribution in [1.82, 2.24) is 10.2 Å². The molecular weight excluding hydrogens is 208 g/mol. The molecule has 0 spiro atoms. The summed E-state index contributed by atoms with van der Waals surface area (Å²) >= 11 is 0. The molecule has 2 aliphatic heterocycles. The van der Waals surface area contributed by atoms with Crippen molar-refractivity contribution in [1.29, 1.82) is 0 Å². The highest BCUT2D eigenvalue weighted by molar-refractivity contribution is 5.77. The SMILES string of the molecule is COCC(=O)N1CCC(OC2CNC2)CC1. The Morgan fingerprint density at radius 1 is 1.31 bits per heavy atom. The molecule has 0 saturated carbocycles. The van der Waals surface area contributed by atoms with E-state index in [1.54, 1.807) is 7.11 Å². The molecule has 0 aliphatic carbocycles. The van der Waals surface area contributed by atoms with E-state index in [0.717, 1.165) is 39.0 Å². The second-order valence-corrected chi connectivity index (χ2v) is 4.43. The summed E-state index contributed by atoms with van der Waals surface area (Å²) in [5.74, 6) is 0.0891. The molecule has 5 heteroatoms. The topological polar surface area (TPSA) is 50.8 Å². The largest absolute Gasteiger partial charge is 0.375 e. The molecule has 0 aromatic rings. The van der Waals surface area contributed by atoms with Crippen LogP contribution in [-0.4, -0.2) is 62.9 Å². The van der Waals surface area contributed by atoms with Crippen molar-refractivity contribution in [2.45, 2.75) is 25.0 Å². The summed E-state index contributed by atoms with van der Waals surface area (Å²) in [6.07, 6.45) is 2.63. The van der Waals surface area contributed by atoms with Gasteiger partial charge in [0.15, 0.2) is 0 Å². The van der Waals surface area contributed by atoms with Crippen molar-refractivity contribution < 1.29 is 14.3 Å². The van der Waals surface area contributed by atoms with Crippen LogP contribution >= 0.6 is 0 Å². The summed E-state index contributed by atoms with van der Waals surface area (Å²) < 4.78 is 10.7. The predicted octanol–water partition coefficient (Wildman–Crippen LogP) is -0.388. The quantitative estimate of drug-likeness (QED) is 0.712. The van der Waals surface area contributed by atoms with E-state index in [4.69, 9.17) is 9.47 Å². The lowest BCUT2D eigenvalue weighted by Crippen LogP contribution is -2.51. The normalized spacial score (nSPS) is 23.2. The van der Waals surface area contributed by atoms with E-state index in [1.165, 1.54) is 0 Å². The number of nitrogens with one attached hydrogen (secondary N) is 1. The first-order valence-electron chi connectivity index (χ1n) is 5.92. The Kier molecular flexibility index (Phi) is 4.15. The van der Waals surface area contributed by atoms with Gasteiger partial charge in [-0.15, -0.1) is 0 Å². The number of carbonyl (C=O) groups excluding carboxylic acids is 1. The van der Waals surface area contributed by atoms with Crippen molar-refractivity contribution in [2.75, 3.05) is 39.9 Å². The summed E-state index contributed by atoms with van der Waals surface area (Å²) in [7, 11) is 1.55. The summed E-state index contributed by atoms with van der Waals surface area (Å²) in [5.41, 5.74) is 0. The first kappa shape index (κ1) is 11.8. The van der Waals surface area contributed by atoms with Gasteiger partial charge in [-0.1, -0.05) is 0 Å². The van der Waals surface area contributed by atoms with Crippen LogP contribution in [0.3, 0.4) is 0 Å². The number of ether oxygens (including phenoxy) is 2. The Bertz CT molecular complexity index is 235. The number of methoxy groups -OCH3 is 1. The first-order valence-corrected chi connectivity index (χ1v) is 5.92. The van der Waals surface area contributed by atoms with E-state index < -0.39 is 0 Å². The number of carbonyl (C=O) groups is 1. The Hall–Kier alpha value is -0.650. The number of likely N-dealkylation sites (tertiary alicyclic amines) is 1. The highest BCUT2D eigenvalue weighted by Crippen LogP contribution is 2.16. The van der Waals surface area contributed by atoms with Crippen LogP contribution in [0.4, 0.5) is 0 Å². The maximum absolute atomic E-state index is 11.5. The highest BCUT2D eigenvalue weighted by atomic mass is 16.5. The van der Waals surface area contributed by atoms with Gasteiger partial charge in [-0.05, 0) is 12.8 Å². The van der Waals surface area contributed by atoms with Crippen LogP contribution in [0.15, 0.2) is 0 Å². The number of hydrogen-bond donors (Lipinski definition) is 1. The van der Waals surface area contributed by atoms with E-state index >= 15 is 0 Å². The van der Waals surface area contributed by atoms with Crippen molar-refractivity contribution in [3.8, 4) is 0 Å². The molecule has 5 nitrogen and oxygen atoms in total. The zero-order valence-corrected chi connectivity index (χ0v) is 9.78. The minimum atomic E-state index is 0.0891. The minimum Gasteiger partial charge on any atom is -0.375 e. The third kappa shape index (κ3) is 2.93. The van der Waals surface area contributed by atoms with Crippen molar-refractivity contribution >= 4 is 5.91 Å². The molecule has 0 aromatic carbocycles. The van der Waals surface area contributed by atoms with Crippen molar-refractivity contribution in [3.63, 3.8) is 0 Å². The molecule has 0 aromatic heterocycles. The first-order chi connectivity index (χ1) is 7.79. The maximum Gasteiger partial charge on any atom is 0.248 e. The number of hydrogen-bond acceptors (Lipinski definition) is 4. The Morgan fingerprint density at radius 3 is 2.50 bits per heavy atom. The molecule has 0 atom stereocenters. The fourth-order valence-electron chi connectivity index (χ4n) is 2.09. The molecule has 16 heavy (non-hydrogen) atoms. The lowest BCUT2D eigenvalue weighted by atomic mass is 10.1. The van der Waals surface area contributed by atoms with E-state index in [-0.39, 0.29) is 12.5 Å². The van der Waals surface area contributed by atoms with Gasteiger partial charge in [0.2, 0.25) is 5.91 Å². The fourth-order valence-corrected chi connectivity index (χ4v) is 2.09. The van der Waals surface area contributed by atoms with Gasteiger partial charge in [-0.3, -0.25) is 4.79 Å². The molecule has 2 rings (SSSR count). The molecule has 92 valence electrons. The van der Waals surface area contributed by atoms with Gasteiger partial charge in [0.1, 0.15) is 6.61 Å². The van der Waals surface area contributed by atoms with Gasteiger partial charge in [0, 0.05) is 33.3 Å². The average Bonchev–Trinajstić information content (AvgIpc) is 2.25. The molecule has 0 radical (unpaired) electrons. The number of piperidine rings is 1. The van der Waals surface area contributed by atoms with E-state index in [0.29, 0.717) is 12.2 Å². The maximum atomic E-state index is 11.5. The molecule has 2 aliphatic rings. The van der Waals surface area contributed by atoms with Crippen LogP contribution in [0.1, 0.15) is 12.8 Å². The lowest BCUT2D eigenvalue weighted by Gasteiger charge is -2.36. The van der Waals surface area contributed by atoms with Gasteiger partial charge in [-0.2, -0.15) is 0 Å². The molecule has 2 fully saturated rings. The zero-order valence-electron chi connectivity index (χ0n) is 9.78. The van der Waals surface area contributed by atoms with Crippen LogP contribution in [0.5, 0.6) is 0 Å². The Morgan fingerprint density at radius 2 is 2.00 bits per heavy atom. The molecule has 1 amide bonds. The molecule has 0 unspecified atom stereocenters. The van der Waals surface area contributed by atoms with Gasteiger partial charge in [0.25, 0.3) is 0 Å². The molecule has 2 heterocycles. The third-order valence-corrected chi connectivity index (χ3v) is 3.19. The summed E-state index contributed by atoms with van der Waals surface area (Å²) in [6.45, 7) is 3.74. The van der Waals surface area contributed by atoms with E-state index in [2.05, 4.69) is 5.32 Å². The van der Waals surface area contributed by atoms with Crippen LogP contribution in [0.25, 0.3) is 0 Å². The Balaban J connectivity index is 1.67. The number of rotatable bonds is 4. The average molecular weight is 228 g/mol. The van der Waals surface area contributed by atoms with Crippen LogP contribution in [0, 0.1) is 0 Å². The van der Waals surface area contributed by atoms with E-state index in [1.807, 2.05) is 4.90 Å². The smallest absolute Gasteiger partial charge is 0.248 e. The van der Waals surface area contributed by atoms with Gasteiger partial charge < -0.3 is 19.7 Å². The second kappa shape index (κ2) is 5.61. The monoisotopic (exact) mass is 228 g/mol. The molecule has 0 bridgehead atoms. The zero-order chi connectivity index (χ0) is 11.4. The van der Waals surface area contributed by atoms with Gasteiger partial charge >= 0.3 is 0 Å². The molecular formula is C11H20N2O3. The fraction of sp³-hybridized carbons (Fsp3) is 0.909. The number of nitrogens with zero attached hydrogens (tertiary/aromatic N) is 1. The standard InChI is InChI=1S/C11H20N2O3/c1-15-8-11(14)13-4-2-9(3-5-13)16-10-6-12-7-10/h9-10,12H,2-8H2,1H3. The van der Waals surface area contributed by atoms with Crippen LogP contribution in [0.2, 0.25) is 0 Å². The third-order valence-electron chi connectivity index (χ3n) is 3.19. The van der Waals surface area contributed by atoms with Crippen LogP contribution in [-0.2, 0) is 14.3 Å². The highest BCUT2D eigenvalue weighted by Gasteiger charge is 2.27. The van der Waals surface area contributed by atoms with Crippen molar-refractivity contribution in [3.05, 3.63) is 0 Å². The molecule has 2 saturated heterocycles. The second-order valence-electron chi connectivity index (χ2n) is 4.43. The van der Waals surface area contributed by atoms with Crippen molar-refractivity contribution in [2.24, 2.45) is 0 Å². The summed E-state index contributed by atoms with van der Waals surface area (Å²) in [6, 6.07) is 0. The van der Waals surface area contributed by atoms with Gasteiger partial charge in [0.05, 0.1) is 12.2 Å². The lowest BCUT2D eigenvalue weighted by molar-refractivity contribution is -0.139. The predicted molar refractivity (Wildman–Crippen MR) is 59.2 cm³/mol. The molecule has 1 N–H and O–H groups in total. The van der Waals surface area contributed by atoms with Gasteiger partial charge in [-0.25, -0.2) is 0 Å². The number of amides is 1. The Labute approximate surface area is 96.1 Å². The minimum absolute atomic E-state index is 0.0891. The summed E-state index contributed by atoms with van der Waals surface area (Å²) in [4.78, 5) is 13.4. The van der Waals surface area contributed by atoms with Crippen LogP contribution < -0.4 is 5.32 Å². The van der Waals surface area contributed by atoms with E-state index in [9.17, 15) is 4.79 Å².